The van der Waals surface area contributed by atoms with E-state index in [-0.39, 0.29) is 11.3 Å². The summed E-state index contributed by atoms with van der Waals surface area (Å²) in [5.41, 5.74) is 1.32. The maximum atomic E-state index is 13.0. The highest BCUT2D eigenvalue weighted by Gasteiger charge is 2.31. The Balaban J connectivity index is 1.40. The number of carbonyl (C=O) groups excluding carboxylic acids is 2. The lowest BCUT2D eigenvalue weighted by molar-refractivity contribution is -0.255. The quantitative estimate of drug-likeness (QED) is 0.386. The number of aromatic nitrogens is 2. The fraction of sp³-hybridized carbons (Fsp3) is 0.250. The number of alkyl halides is 3. The predicted octanol–water partition coefficient (Wildman–Crippen LogP) is 3.67. The second kappa shape index (κ2) is 10.9. The van der Waals surface area contributed by atoms with E-state index in [1.807, 2.05) is 12.1 Å². The molecule has 1 aromatic heterocycles. The highest BCUT2D eigenvalue weighted by Crippen LogP contribution is 2.31. The van der Waals surface area contributed by atoms with Crippen LogP contribution in [0.5, 0.6) is 0 Å². The SMILES string of the molecule is O=C(Nc1cccc(-c2ccc3c(C(=O)[O-])nn(CCN4CCOCC4)c3c2)c1)c1cccc(C(F)(F)F)c1. The van der Waals surface area contributed by atoms with E-state index in [4.69, 9.17) is 4.74 Å². The number of carboxylic acids is 1. The van der Waals surface area contributed by atoms with Crippen molar-refractivity contribution >= 4 is 28.5 Å². The topological polar surface area (TPSA) is 99.5 Å². The van der Waals surface area contributed by atoms with Crippen LogP contribution in [-0.4, -0.2) is 59.4 Å². The molecule has 39 heavy (non-hydrogen) atoms. The number of morpholine rings is 1. The highest BCUT2D eigenvalue weighted by atomic mass is 19.4. The third kappa shape index (κ3) is 5.94. The number of amides is 1. The van der Waals surface area contributed by atoms with Crippen molar-refractivity contribution in [2.75, 3.05) is 38.2 Å². The predicted molar refractivity (Wildman–Crippen MR) is 136 cm³/mol. The third-order valence-electron chi connectivity index (χ3n) is 6.58. The highest BCUT2D eigenvalue weighted by molar-refractivity contribution is 6.05. The van der Waals surface area contributed by atoms with Crippen LogP contribution in [0.4, 0.5) is 18.9 Å². The van der Waals surface area contributed by atoms with Gasteiger partial charge in [-0.25, -0.2) is 0 Å². The number of aromatic carboxylic acids is 1. The van der Waals surface area contributed by atoms with Gasteiger partial charge in [0.25, 0.3) is 5.91 Å². The van der Waals surface area contributed by atoms with Crippen LogP contribution in [-0.2, 0) is 17.5 Å². The maximum absolute atomic E-state index is 13.0. The molecular formula is C28H24F3N4O4-. The number of anilines is 1. The normalized spacial score (nSPS) is 14.4. The van der Waals surface area contributed by atoms with E-state index < -0.39 is 23.6 Å². The Labute approximate surface area is 221 Å². The van der Waals surface area contributed by atoms with Gasteiger partial charge in [0.05, 0.1) is 36.8 Å². The molecule has 0 spiro atoms. The Morgan fingerprint density at radius 2 is 1.69 bits per heavy atom. The molecule has 0 aliphatic carbocycles. The first kappa shape index (κ1) is 26.4. The zero-order valence-corrected chi connectivity index (χ0v) is 20.7. The molecule has 1 amide bonds. The summed E-state index contributed by atoms with van der Waals surface area (Å²) in [6.07, 6.45) is -4.56. The van der Waals surface area contributed by atoms with Crippen LogP contribution in [0, 0.1) is 0 Å². The first-order valence-electron chi connectivity index (χ1n) is 12.3. The van der Waals surface area contributed by atoms with Crippen LogP contribution < -0.4 is 10.4 Å². The molecular weight excluding hydrogens is 513 g/mol. The molecule has 0 atom stereocenters. The number of rotatable bonds is 7. The molecule has 1 N–H and O–H groups in total. The van der Waals surface area contributed by atoms with Crippen molar-refractivity contribution in [3.63, 3.8) is 0 Å². The van der Waals surface area contributed by atoms with Crippen molar-refractivity contribution in [2.45, 2.75) is 12.7 Å². The van der Waals surface area contributed by atoms with Gasteiger partial charge in [0, 0.05) is 36.3 Å². The fourth-order valence-corrected chi connectivity index (χ4v) is 4.55. The molecule has 11 heteroatoms. The summed E-state index contributed by atoms with van der Waals surface area (Å²) < 4.78 is 46.2. The fourth-order valence-electron chi connectivity index (χ4n) is 4.55. The van der Waals surface area contributed by atoms with E-state index in [1.165, 1.54) is 12.1 Å². The zero-order valence-electron chi connectivity index (χ0n) is 20.7. The van der Waals surface area contributed by atoms with Crippen LogP contribution in [0.2, 0.25) is 0 Å². The van der Waals surface area contributed by atoms with Crippen molar-refractivity contribution in [2.24, 2.45) is 0 Å². The summed E-state index contributed by atoms with van der Waals surface area (Å²) in [7, 11) is 0. The van der Waals surface area contributed by atoms with Crippen LogP contribution in [0.25, 0.3) is 22.0 Å². The Kier molecular flexibility index (Phi) is 7.36. The Bertz CT molecular complexity index is 1530. The molecule has 0 saturated carbocycles. The molecule has 1 fully saturated rings. The minimum absolute atomic E-state index is 0.115. The van der Waals surface area contributed by atoms with Gasteiger partial charge in [-0.2, -0.15) is 18.3 Å². The second-order valence-electron chi connectivity index (χ2n) is 9.16. The van der Waals surface area contributed by atoms with Gasteiger partial charge in [0.15, 0.2) is 0 Å². The molecule has 0 bridgehead atoms. The number of nitrogens with zero attached hydrogens (tertiary/aromatic N) is 3. The summed E-state index contributed by atoms with van der Waals surface area (Å²) >= 11 is 0. The molecule has 1 saturated heterocycles. The Morgan fingerprint density at radius 1 is 0.949 bits per heavy atom. The van der Waals surface area contributed by atoms with Gasteiger partial charge in [-0.3, -0.25) is 14.4 Å². The van der Waals surface area contributed by atoms with Crippen molar-refractivity contribution < 1.29 is 32.6 Å². The van der Waals surface area contributed by atoms with Crippen LogP contribution >= 0.6 is 0 Å². The Morgan fingerprint density at radius 3 is 2.44 bits per heavy atom. The summed E-state index contributed by atoms with van der Waals surface area (Å²) in [4.78, 5) is 26.6. The average Bonchev–Trinajstić information content (AvgIpc) is 3.30. The minimum Gasteiger partial charge on any atom is -0.543 e. The average molecular weight is 538 g/mol. The third-order valence-corrected chi connectivity index (χ3v) is 6.58. The smallest absolute Gasteiger partial charge is 0.416 e. The number of nitrogens with one attached hydrogen (secondary N) is 1. The van der Waals surface area contributed by atoms with Gasteiger partial charge in [0.1, 0.15) is 5.69 Å². The van der Waals surface area contributed by atoms with E-state index in [2.05, 4.69) is 15.3 Å². The van der Waals surface area contributed by atoms with Crippen LogP contribution in [0.15, 0.2) is 66.7 Å². The van der Waals surface area contributed by atoms with E-state index in [1.54, 1.807) is 35.0 Å². The van der Waals surface area contributed by atoms with Crippen molar-refractivity contribution in [3.8, 4) is 11.1 Å². The first-order valence-corrected chi connectivity index (χ1v) is 12.3. The molecule has 2 heterocycles. The van der Waals surface area contributed by atoms with Gasteiger partial charge < -0.3 is 20.0 Å². The number of fused-ring (bicyclic) bond motifs is 1. The molecule has 0 radical (unpaired) electrons. The van der Waals surface area contributed by atoms with Crippen LogP contribution in [0.3, 0.4) is 0 Å². The molecule has 0 unspecified atom stereocenters. The number of hydrogen-bond acceptors (Lipinski definition) is 6. The van der Waals surface area contributed by atoms with Crippen LogP contribution in [0.1, 0.15) is 26.4 Å². The molecule has 4 aromatic rings. The summed E-state index contributed by atoms with van der Waals surface area (Å²) in [5.74, 6) is -2.04. The van der Waals surface area contributed by atoms with Gasteiger partial charge in [0.2, 0.25) is 0 Å². The number of hydrogen-bond donors (Lipinski definition) is 1. The molecule has 1 aliphatic heterocycles. The van der Waals surface area contributed by atoms with E-state index in [0.29, 0.717) is 42.9 Å². The van der Waals surface area contributed by atoms with E-state index >= 15 is 0 Å². The van der Waals surface area contributed by atoms with Crippen molar-refractivity contribution in [1.29, 1.82) is 0 Å². The standard InChI is InChI=1S/C28H25F3N4O4/c29-28(30,31)21-5-1-4-20(15-21)26(36)32-22-6-2-3-18(16-22)19-7-8-23-24(17-19)35(33-25(23)27(37)38)10-9-34-11-13-39-14-12-34/h1-8,15-17H,9-14H2,(H,32,36)(H,37,38)/p-1. The summed E-state index contributed by atoms with van der Waals surface area (Å²) in [5, 5.41) is 19.1. The summed E-state index contributed by atoms with van der Waals surface area (Å²) in [6, 6.07) is 16.3. The molecule has 5 rings (SSSR count). The molecule has 8 nitrogen and oxygen atoms in total. The number of benzene rings is 3. The van der Waals surface area contributed by atoms with Gasteiger partial charge >= 0.3 is 6.18 Å². The monoisotopic (exact) mass is 537 g/mol. The number of carboxylic acid groups (broad SMARTS) is 1. The molecule has 202 valence electrons. The van der Waals surface area contributed by atoms with E-state index in [0.717, 1.165) is 36.3 Å². The second-order valence-corrected chi connectivity index (χ2v) is 9.16. The number of ether oxygens (including phenoxy) is 1. The summed E-state index contributed by atoms with van der Waals surface area (Å²) in [6.45, 7) is 4.02. The lowest BCUT2D eigenvalue weighted by Gasteiger charge is -2.26. The van der Waals surface area contributed by atoms with Crippen molar-refractivity contribution in [1.82, 2.24) is 14.7 Å². The molecule has 3 aromatic carbocycles. The van der Waals surface area contributed by atoms with Gasteiger partial charge in [-0.05, 0) is 53.6 Å². The zero-order chi connectivity index (χ0) is 27.6. The maximum Gasteiger partial charge on any atom is 0.416 e. The molecule has 1 aliphatic rings. The van der Waals surface area contributed by atoms with Crippen molar-refractivity contribution in [3.05, 3.63) is 83.6 Å². The van der Waals surface area contributed by atoms with E-state index in [9.17, 15) is 27.9 Å². The van der Waals surface area contributed by atoms with Gasteiger partial charge in [-0.1, -0.05) is 24.3 Å². The minimum atomic E-state index is -4.56. The van der Waals surface area contributed by atoms with Gasteiger partial charge in [-0.15, -0.1) is 0 Å². The Hall–Kier alpha value is -4.22. The lowest BCUT2D eigenvalue weighted by Crippen LogP contribution is -2.38. The number of carbonyl (C=O) groups is 2. The number of halogens is 3. The first-order chi connectivity index (χ1) is 18.7. The lowest BCUT2D eigenvalue weighted by atomic mass is 10.0. The largest absolute Gasteiger partial charge is 0.543 e.